The number of benzene rings is 2. The quantitative estimate of drug-likeness (QED) is 0.474. The Morgan fingerprint density at radius 3 is 2.19 bits per heavy atom. The van der Waals surface area contributed by atoms with Crippen molar-refractivity contribution in [2.24, 2.45) is 10.8 Å². The van der Waals surface area contributed by atoms with Gasteiger partial charge in [0.15, 0.2) is 5.69 Å². The van der Waals surface area contributed by atoms with E-state index >= 15 is 0 Å². The summed E-state index contributed by atoms with van der Waals surface area (Å²) in [6, 6.07) is 19.4. The minimum atomic E-state index is -0.145. The average Bonchev–Trinajstić information content (AvgIpc) is 3.51. The molecule has 6 nitrogen and oxygen atoms in total. The van der Waals surface area contributed by atoms with Gasteiger partial charge < -0.3 is 14.8 Å². The first-order valence-corrected chi connectivity index (χ1v) is 13.5. The molecule has 1 atom stereocenters. The number of aromatic nitrogens is 2. The van der Waals surface area contributed by atoms with Crippen LogP contribution in [-0.4, -0.2) is 38.9 Å². The third kappa shape index (κ3) is 4.94. The number of fused-ring (bicyclic) bond motifs is 1. The Morgan fingerprint density at radius 2 is 1.57 bits per heavy atom. The van der Waals surface area contributed by atoms with Crippen molar-refractivity contribution in [2.45, 2.75) is 72.5 Å². The standard InChI is InChI=1S/C31H38N4O2/c1-30(2,3)29(31(4)17-11-12-18-31)33-27(36)25-24-21-34(28(37)23-15-9-6-10-16-23)19-20-35(24)26(32-25)22-13-7-5-8-14-22/h5-10,13-16,29H,11-12,17-21H2,1-4H3,(H,33,36). The predicted molar refractivity (Wildman–Crippen MR) is 146 cm³/mol. The summed E-state index contributed by atoms with van der Waals surface area (Å²) in [6.45, 7) is 10.5. The number of imidazole rings is 1. The number of nitrogens with one attached hydrogen (secondary N) is 1. The van der Waals surface area contributed by atoms with E-state index in [2.05, 4.69) is 37.6 Å². The van der Waals surface area contributed by atoms with Crippen molar-refractivity contribution in [1.82, 2.24) is 19.8 Å². The first kappa shape index (κ1) is 25.2. The molecule has 1 saturated carbocycles. The van der Waals surface area contributed by atoms with E-state index in [1.54, 1.807) is 0 Å². The molecular weight excluding hydrogens is 460 g/mol. The molecule has 6 heteroatoms. The highest BCUT2D eigenvalue weighted by atomic mass is 16.2. The maximum atomic E-state index is 14.0. The number of rotatable bonds is 5. The van der Waals surface area contributed by atoms with Gasteiger partial charge in [-0.3, -0.25) is 9.59 Å². The zero-order valence-corrected chi connectivity index (χ0v) is 22.5. The van der Waals surface area contributed by atoms with Crippen LogP contribution in [0.25, 0.3) is 11.4 Å². The molecule has 2 amide bonds. The molecule has 0 spiro atoms. The lowest BCUT2D eigenvalue weighted by atomic mass is 9.68. The van der Waals surface area contributed by atoms with E-state index < -0.39 is 0 Å². The number of carbonyl (C=O) groups excluding carboxylic acids is 2. The number of carbonyl (C=O) groups is 2. The Kier molecular flexibility index (Phi) is 6.69. The summed E-state index contributed by atoms with van der Waals surface area (Å²) in [4.78, 5) is 34.0. The highest BCUT2D eigenvalue weighted by molar-refractivity contribution is 5.96. The summed E-state index contributed by atoms with van der Waals surface area (Å²) < 4.78 is 2.13. The Bertz CT molecular complexity index is 1270. The Hall–Kier alpha value is -3.41. The molecule has 0 saturated heterocycles. The van der Waals surface area contributed by atoms with Crippen molar-refractivity contribution in [1.29, 1.82) is 0 Å². The number of hydrogen-bond acceptors (Lipinski definition) is 3. The van der Waals surface area contributed by atoms with Gasteiger partial charge in [-0.2, -0.15) is 0 Å². The van der Waals surface area contributed by atoms with Crippen molar-refractivity contribution >= 4 is 11.8 Å². The topological polar surface area (TPSA) is 67.2 Å². The highest BCUT2D eigenvalue weighted by Crippen LogP contribution is 2.46. The van der Waals surface area contributed by atoms with Gasteiger partial charge in [0.2, 0.25) is 0 Å². The smallest absolute Gasteiger partial charge is 0.272 e. The summed E-state index contributed by atoms with van der Waals surface area (Å²) >= 11 is 0. The van der Waals surface area contributed by atoms with Crippen LogP contribution in [-0.2, 0) is 13.1 Å². The molecule has 1 aliphatic heterocycles. The number of hydrogen-bond donors (Lipinski definition) is 1. The van der Waals surface area contributed by atoms with Crippen LogP contribution in [0.2, 0.25) is 0 Å². The van der Waals surface area contributed by atoms with Crippen LogP contribution in [0.1, 0.15) is 79.9 Å². The Balaban J connectivity index is 1.51. The van der Waals surface area contributed by atoms with Gasteiger partial charge in [-0.05, 0) is 35.8 Å². The van der Waals surface area contributed by atoms with Crippen LogP contribution >= 0.6 is 0 Å². The molecule has 5 rings (SSSR count). The molecule has 194 valence electrons. The van der Waals surface area contributed by atoms with E-state index in [0.717, 1.165) is 29.9 Å². The van der Waals surface area contributed by atoms with Crippen LogP contribution in [0.5, 0.6) is 0 Å². The van der Waals surface area contributed by atoms with Crippen LogP contribution in [0.4, 0.5) is 0 Å². The maximum absolute atomic E-state index is 14.0. The van der Waals surface area contributed by atoms with Gasteiger partial charge in [-0.25, -0.2) is 4.98 Å². The lowest BCUT2D eigenvalue weighted by Crippen LogP contribution is -2.53. The molecule has 37 heavy (non-hydrogen) atoms. The minimum absolute atomic E-state index is 0.0216. The second kappa shape index (κ2) is 9.81. The molecular formula is C31H38N4O2. The number of nitrogens with zero attached hydrogens (tertiary/aromatic N) is 3. The average molecular weight is 499 g/mol. The predicted octanol–water partition coefficient (Wildman–Crippen LogP) is 5.93. The normalized spacial score (nSPS) is 17.8. The first-order valence-electron chi connectivity index (χ1n) is 13.5. The van der Waals surface area contributed by atoms with Gasteiger partial charge in [0.05, 0.1) is 12.2 Å². The first-order chi connectivity index (χ1) is 17.7. The van der Waals surface area contributed by atoms with Crippen LogP contribution in [0.3, 0.4) is 0 Å². The zero-order chi connectivity index (χ0) is 26.2. The summed E-state index contributed by atoms with van der Waals surface area (Å²) in [5.41, 5.74) is 2.83. The Labute approximate surface area is 220 Å². The lowest BCUT2D eigenvalue weighted by molar-refractivity contribution is 0.0694. The molecule has 2 heterocycles. The van der Waals surface area contributed by atoms with Gasteiger partial charge in [0, 0.05) is 30.3 Å². The van der Waals surface area contributed by atoms with Gasteiger partial charge in [-0.1, -0.05) is 89.1 Å². The fourth-order valence-electron chi connectivity index (χ4n) is 6.40. The highest BCUT2D eigenvalue weighted by Gasteiger charge is 2.44. The molecule has 1 fully saturated rings. The third-order valence-electron chi connectivity index (χ3n) is 8.15. The summed E-state index contributed by atoms with van der Waals surface area (Å²) in [6.07, 6.45) is 4.64. The zero-order valence-electron chi connectivity index (χ0n) is 22.5. The van der Waals surface area contributed by atoms with E-state index in [4.69, 9.17) is 4.98 Å². The SMILES string of the molecule is CC(C)(C)C(NC(=O)c1nc(-c2ccccc2)n2c1CN(C(=O)c1ccccc1)CC2)C1(C)CCCC1. The molecule has 1 aliphatic carbocycles. The minimum Gasteiger partial charge on any atom is -0.347 e. The van der Waals surface area contributed by atoms with Gasteiger partial charge in [0.1, 0.15) is 5.82 Å². The molecule has 2 aromatic carbocycles. The van der Waals surface area contributed by atoms with Gasteiger partial charge in [-0.15, -0.1) is 0 Å². The van der Waals surface area contributed by atoms with Crippen molar-refractivity contribution in [3.8, 4) is 11.4 Å². The third-order valence-corrected chi connectivity index (χ3v) is 8.15. The summed E-state index contributed by atoms with van der Waals surface area (Å²) in [7, 11) is 0. The van der Waals surface area contributed by atoms with Crippen molar-refractivity contribution in [3.05, 3.63) is 77.6 Å². The van der Waals surface area contributed by atoms with E-state index in [9.17, 15) is 9.59 Å². The fraction of sp³-hybridized carbons (Fsp3) is 0.452. The fourth-order valence-corrected chi connectivity index (χ4v) is 6.40. The molecule has 0 bridgehead atoms. The van der Waals surface area contributed by atoms with E-state index in [0.29, 0.717) is 30.9 Å². The monoisotopic (exact) mass is 498 g/mol. The summed E-state index contributed by atoms with van der Waals surface area (Å²) in [5, 5.41) is 3.43. The largest absolute Gasteiger partial charge is 0.347 e. The summed E-state index contributed by atoms with van der Waals surface area (Å²) in [5.74, 6) is 0.617. The second-order valence-electron chi connectivity index (χ2n) is 12.0. The van der Waals surface area contributed by atoms with Crippen molar-refractivity contribution < 1.29 is 9.59 Å². The molecule has 1 unspecified atom stereocenters. The van der Waals surface area contributed by atoms with E-state index in [-0.39, 0.29) is 28.7 Å². The van der Waals surface area contributed by atoms with Crippen LogP contribution in [0.15, 0.2) is 60.7 Å². The lowest BCUT2D eigenvalue weighted by Gasteiger charge is -2.43. The van der Waals surface area contributed by atoms with Crippen molar-refractivity contribution in [2.75, 3.05) is 6.54 Å². The molecule has 2 aliphatic rings. The van der Waals surface area contributed by atoms with E-state index in [1.807, 2.05) is 65.6 Å². The van der Waals surface area contributed by atoms with Gasteiger partial charge >= 0.3 is 0 Å². The molecule has 1 aromatic heterocycles. The maximum Gasteiger partial charge on any atom is 0.272 e. The van der Waals surface area contributed by atoms with E-state index in [1.165, 1.54) is 12.8 Å². The van der Waals surface area contributed by atoms with Gasteiger partial charge in [0.25, 0.3) is 11.8 Å². The molecule has 1 N–H and O–H groups in total. The second-order valence-corrected chi connectivity index (χ2v) is 12.0. The molecule has 0 radical (unpaired) electrons. The van der Waals surface area contributed by atoms with Crippen LogP contribution < -0.4 is 5.32 Å². The van der Waals surface area contributed by atoms with Crippen LogP contribution in [0, 0.1) is 10.8 Å². The Morgan fingerprint density at radius 1 is 0.946 bits per heavy atom. The molecule has 3 aromatic rings. The number of amides is 2. The van der Waals surface area contributed by atoms with Crippen molar-refractivity contribution in [3.63, 3.8) is 0 Å².